The van der Waals surface area contributed by atoms with Gasteiger partial charge in [-0.15, -0.1) is 0 Å². The number of nitrogens with one attached hydrogen (secondary N) is 1. The molecule has 0 spiro atoms. The van der Waals surface area contributed by atoms with Gasteiger partial charge in [-0.3, -0.25) is 14.2 Å². The molecule has 3 heterocycles. The van der Waals surface area contributed by atoms with Gasteiger partial charge < -0.3 is 15.8 Å². The number of carbonyl (C=O) groups is 2. The number of fused-ring (bicyclic) bond motifs is 3. The van der Waals surface area contributed by atoms with Gasteiger partial charge in [0, 0.05) is 54.1 Å². The SMILES string of the molecule is CC1(C)CC(=O)n2c(c(-c3ccc(C(N)=O)c(NC4CCOCC4)c3)c3c(F)cc(F)cc32)C1. The molecular weight excluding hydrogens is 440 g/mol. The van der Waals surface area contributed by atoms with E-state index in [-0.39, 0.29) is 34.7 Å². The Morgan fingerprint density at radius 1 is 1.15 bits per heavy atom. The average molecular weight is 468 g/mol. The van der Waals surface area contributed by atoms with Crippen molar-refractivity contribution in [1.29, 1.82) is 0 Å². The number of aromatic nitrogens is 1. The van der Waals surface area contributed by atoms with E-state index >= 15 is 4.39 Å². The number of benzene rings is 2. The molecule has 1 aromatic heterocycles. The fourth-order valence-corrected chi connectivity index (χ4v) is 5.25. The number of carbonyl (C=O) groups excluding carboxylic acids is 2. The number of nitrogens with zero attached hydrogens (tertiary/aromatic N) is 1. The molecule has 0 unspecified atom stereocenters. The first-order chi connectivity index (χ1) is 16.1. The van der Waals surface area contributed by atoms with Crippen molar-refractivity contribution in [3.05, 3.63) is 53.2 Å². The van der Waals surface area contributed by atoms with Gasteiger partial charge in [-0.2, -0.15) is 0 Å². The molecule has 3 aromatic rings. The first-order valence-corrected chi connectivity index (χ1v) is 11.5. The van der Waals surface area contributed by atoms with Crippen molar-refractivity contribution >= 4 is 28.4 Å². The summed E-state index contributed by atoms with van der Waals surface area (Å²) in [5, 5.41) is 3.60. The lowest BCUT2D eigenvalue weighted by atomic mass is 9.80. The Morgan fingerprint density at radius 2 is 1.88 bits per heavy atom. The number of hydrogen-bond donors (Lipinski definition) is 2. The van der Waals surface area contributed by atoms with Crippen LogP contribution in [0.3, 0.4) is 0 Å². The summed E-state index contributed by atoms with van der Waals surface area (Å²) in [7, 11) is 0. The number of primary amides is 1. The quantitative estimate of drug-likeness (QED) is 0.572. The van der Waals surface area contributed by atoms with Crippen LogP contribution in [0.2, 0.25) is 0 Å². The summed E-state index contributed by atoms with van der Waals surface area (Å²) in [6, 6.07) is 7.26. The fourth-order valence-electron chi connectivity index (χ4n) is 5.25. The standard InChI is InChI=1S/C26H27F2N3O3/c1-26(2)12-21-23(24-18(28)10-15(27)11-20(24)31(21)22(32)13-26)14-3-4-17(25(29)33)19(9-14)30-16-5-7-34-8-6-16/h3-4,9-11,16,30H,5-8,12-13H2,1-2H3,(H2,29,33). The lowest BCUT2D eigenvalue weighted by Crippen LogP contribution is -2.31. The molecule has 0 bridgehead atoms. The minimum atomic E-state index is -0.736. The van der Waals surface area contributed by atoms with Crippen molar-refractivity contribution < 1.29 is 23.1 Å². The molecular formula is C26H27F2N3O3. The highest BCUT2D eigenvalue weighted by Crippen LogP contribution is 2.44. The number of nitrogens with two attached hydrogens (primary N) is 1. The predicted molar refractivity (Wildman–Crippen MR) is 126 cm³/mol. The van der Waals surface area contributed by atoms with E-state index in [0.717, 1.165) is 18.9 Å². The zero-order valence-corrected chi connectivity index (χ0v) is 19.2. The van der Waals surface area contributed by atoms with E-state index in [0.29, 0.717) is 47.7 Å². The van der Waals surface area contributed by atoms with E-state index in [2.05, 4.69) is 5.32 Å². The number of amides is 1. The lowest BCUT2D eigenvalue weighted by molar-refractivity contribution is 0.0816. The minimum Gasteiger partial charge on any atom is -0.381 e. The summed E-state index contributed by atoms with van der Waals surface area (Å²) in [5.41, 5.74) is 8.22. The average Bonchev–Trinajstić information content (AvgIpc) is 3.07. The van der Waals surface area contributed by atoms with Crippen LogP contribution in [0, 0.1) is 17.0 Å². The van der Waals surface area contributed by atoms with E-state index in [1.54, 1.807) is 18.2 Å². The summed E-state index contributed by atoms with van der Waals surface area (Å²) >= 11 is 0. The maximum Gasteiger partial charge on any atom is 0.250 e. The van der Waals surface area contributed by atoms with Crippen LogP contribution in [-0.2, 0) is 11.2 Å². The third-order valence-electron chi connectivity index (χ3n) is 6.76. The van der Waals surface area contributed by atoms with Crippen molar-refractivity contribution in [3.8, 4) is 11.1 Å². The van der Waals surface area contributed by atoms with E-state index in [9.17, 15) is 14.0 Å². The molecule has 34 heavy (non-hydrogen) atoms. The molecule has 2 aliphatic rings. The fraction of sp³-hybridized carbons (Fsp3) is 0.385. The molecule has 1 saturated heterocycles. The summed E-state index contributed by atoms with van der Waals surface area (Å²) in [4.78, 5) is 25.2. The van der Waals surface area contributed by atoms with Gasteiger partial charge in [0.05, 0.1) is 11.1 Å². The van der Waals surface area contributed by atoms with Crippen molar-refractivity contribution in [2.24, 2.45) is 11.1 Å². The summed E-state index contributed by atoms with van der Waals surface area (Å²) in [5.74, 6) is -2.23. The van der Waals surface area contributed by atoms with Crippen LogP contribution >= 0.6 is 0 Å². The number of ether oxygens (including phenoxy) is 1. The van der Waals surface area contributed by atoms with Crippen LogP contribution in [0.1, 0.15) is 54.0 Å². The van der Waals surface area contributed by atoms with Crippen LogP contribution in [0.4, 0.5) is 14.5 Å². The first kappa shape index (κ1) is 22.5. The van der Waals surface area contributed by atoms with Crippen LogP contribution in [-0.4, -0.2) is 35.6 Å². The molecule has 0 aliphatic carbocycles. The molecule has 3 N–H and O–H groups in total. The highest BCUT2D eigenvalue weighted by Gasteiger charge is 2.36. The molecule has 2 aliphatic heterocycles. The Labute approximate surface area is 196 Å². The van der Waals surface area contributed by atoms with E-state index in [1.807, 2.05) is 13.8 Å². The summed E-state index contributed by atoms with van der Waals surface area (Å²) in [6.07, 6.45) is 2.36. The molecule has 0 radical (unpaired) electrons. The molecule has 8 heteroatoms. The smallest absolute Gasteiger partial charge is 0.250 e. The van der Waals surface area contributed by atoms with Gasteiger partial charge >= 0.3 is 0 Å². The minimum absolute atomic E-state index is 0.105. The molecule has 1 amide bonds. The number of rotatable bonds is 4. The van der Waals surface area contributed by atoms with Crippen molar-refractivity contribution in [2.75, 3.05) is 18.5 Å². The molecule has 6 nitrogen and oxygen atoms in total. The van der Waals surface area contributed by atoms with Gasteiger partial charge in [-0.25, -0.2) is 8.78 Å². The largest absolute Gasteiger partial charge is 0.381 e. The summed E-state index contributed by atoms with van der Waals surface area (Å²) in [6.45, 7) is 5.21. The van der Waals surface area contributed by atoms with Crippen LogP contribution in [0.5, 0.6) is 0 Å². The first-order valence-electron chi connectivity index (χ1n) is 11.5. The highest BCUT2D eigenvalue weighted by molar-refractivity contribution is 6.06. The van der Waals surface area contributed by atoms with E-state index in [1.165, 1.54) is 10.6 Å². The van der Waals surface area contributed by atoms with Crippen LogP contribution in [0.15, 0.2) is 30.3 Å². The molecule has 2 aromatic carbocycles. The topological polar surface area (TPSA) is 86.4 Å². The molecule has 1 fully saturated rings. The normalized spacial score (nSPS) is 18.2. The second-order valence-electron chi connectivity index (χ2n) is 10.0. The Morgan fingerprint density at radius 3 is 2.59 bits per heavy atom. The second kappa shape index (κ2) is 8.20. The molecule has 178 valence electrons. The summed E-state index contributed by atoms with van der Waals surface area (Å²) < 4.78 is 36.3. The van der Waals surface area contributed by atoms with Gasteiger partial charge in [-0.05, 0) is 48.4 Å². The van der Waals surface area contributed by atoms with Crippen molar-refractivity contribution in [1.82, 2.24) is 4.57 Å². The van der Waals surface area contributed by atoms with Crippen LogP contribution in [0.25, 0.3) is 22.0 Å². The zero-order valence-electron chi connectivity index (χ0n) is 19.2. The molecule has 0 atom stereocenters. The third-order valence-corrected chi connectivity index (χ3v) is 6.76. The number of hydrogen-bond acceptors (Lipinski definition) is 4. The Hall–Kier alpha value is -3.26. The predicted octanol–water partition coefficient (Wildman–Crippen LogP) is 4.89. The Kier molecular flexibility index (Phi) is 5.43. The maximum atomic E-state index is 15.2. The highest BCUT2D eigenvalue weighted by atomic mass is 19.1. The van der Waals surface area contributed by atoms with Gasteiger partial charge in [0.25, 0.3) is 5.91 Å². The zero-order chi connectivity index (χ0) is 24.2. The monoisotopic (exact) mass is 467 g/mol. The molecule has 5 rings (SSSR count). The van der Waals surface area contributed by atoms with E-state index in [4.69, 9.17) is 10.5 Å². The molecule has 0 saturated carbocycles. The van der Waals surface area contributed by atoms with Crippen molar-refractivity contribution in [3.63, 3.8) is 0 Å². The second-order valence-corrected chi connectivity index (χ2v) is 10.0. The van der Waals surface area contributed by atoms with Crippen LogP contribution < -0.4 is 11.1 Å². The Bertz CT molecular complexity index is 1320. The van der Waals surface area contributed by atoms with Gasteiger partial charge in [0.2, 0.25) is 5.91 Å². The maximum absolute atomic E-state index is 15.2. The van der Waals surface area contributed by atoms with E-state index < -0.39 is 17.5 Å². The number of halogens is 2. The van der Waals surface area contributed by atoms with Gasteiger partial charge in [0.1, 0.15) is 11.6 Å². The van der Waals surface area contributed by atoms with Crippen molar-refractivity contribution in [2.45, 2.75) is 45.6 Å². The van der Waals surface area contributed by atoms with Gasteiger partial charge in [0.15, 0.2) is 0 Å². The lowest BCUT2D eigenvalue weighted by Gasteiger charge is -2.30. The number of anilines is 1. The third kappa shape index (κ3) is 3.86. The Balaban J connectivity index is 1.74. The van der Waals surface area contributed by atoms with Gasteiger partial charge in [-0.1, -0.05) is 19.9 Å².